The first-order valence-corrected chi connectivity index (χ1v) is 7.95. The van der Waals surface area contributed by atoms with Crippen LogP contribution in [-0.2, 0) is 4.79 Å². The molecule has 2 N–H and O–H groups in total. The average molecular weight is 376 g/mol. The number of benzene rings is 1. The normalized spacial score (nSPS) is 16.0. The molecule has 1 aliphatic heterocycles. The first kappa shape index (κ1) is 15.0. The van der Waals surface area contributed by atoms with Gasteiger partial charge in [0.05, 0.1) is 0 Å². The van der Waals surface area contributed by atoms with Crippen molar-refractivity contribution in [3.05, 3.63) is 57.5 Å². The van der Waals surface area contributed by atoms with Crippen molar-refractivity contribution in [1.29, 1.82) is 0 Å². The number of rotatable bonds is 2. The molecule has 0 saturated carbocycles. The molecule has 0 spiro atoms. The standard InChI is InChI=1S/C16H14BrN3OS/c1-9-7-11(8-14-15(21)19-16(22)18-14)10(2)20(9)13-5-3-12(17)4-6-13/h3-8H,1-2H3,(H2,18,19,21,22). The van der Waals surface area contributed by atoms with E-state index < -0.39 is 0 Å². The lowest BCUT2D eigenvalue weighted by Gasteiger charge is -2.09. The lowest BCUT2D eigenvalue weighted by atomic mass is 10.2. The van der Waals surface area contributed by atoms with Crippen LogP contribution in [0.15, 0.2) is 40.5 Å². The molecular formula is C16H14BrN3OS. The summed E-state index contributed by atoms with van der Waals surface area (Å²) in [6, 6.07) is 10.2. The zero-order valence-corrected chi connectivity index (χ0v) is 14.5. The molecule has 22 heavy (non-hydrogen) atoms. The Morgan fingerprint density at radius 3 is 2.45 bits per heavy atom. The third kappa shape index (κ3) is 2.71. The third-order valence-corrected chi connectivity index (χ3v) is 4.31. The zero-order chi connectivity index (χ0) is 15.9. The monoisotopic (exact) mass is 375 g/mol. The Kier molecular flexibility index (Phi) is 3.88. The molecule has 4 nitrogen and oxygen atoms in total. The van der Waals surface area contributed by atoms with E-state index in [1.807, 2.05) is 32.1 Å². The molecule has 2 aromatic rings. The summed E-state index contributed by atoms with van der Waals surface area (Å²) in [5.74, 6) is -0.196. The van der Waals surface area contributed by atoms with E-state index in [0.717, 1.165) is 27.1 Å². The maximum atomic E-state index is 11.8. The van der Waals surface area contributed by atoms with Crippen LogP contribution in [0.25, 0.3) is 11.8 Å². The number of thiocarbonyl (C=S) groups is 1. The molecule has 0 aliphatic carbocycles. The van der Waals surface area contributed by atoms with Crippen molar-refractivity contribution in [2.75, 3.05) is 0 Å². The van der Waals surface area contributed by atoms with Gasteiger partial charge in [-0.25, -0.2) is 0 Å². The molecule has 0 radical (unpaired) electrons. The van der Waals surface area contributed by atoms with Crippen molar-refractivity contribution in [3.63, 3.8) is 0 Å². The summed E-state index contributed by atoms with van der Waals surface area (Å²) in [6.07, 6.45) is 1.83. The largest absolute Gasteiger partial charge is 0.328 e. The van der Waals surface area contributed by atoms with Gasteiger partial charge in [0.1, 0.15) is 5.70 Å². The predicted octanol–water partition coefficient (Wildman–Crippen LogP) is 3.20. The van der Waals surface area contributed by atoms with E-state index in [-0.39, 0.29) is 5.91 Å². The molecule has 0 atom stereocenters. The van der Waals surface area contributed by atoms with Gasteiger partial charge in [0.2, 0.25) is 0 Å². The van der Waals surface area contributed by atoms with E-state index in [2.05, 4.69) is 49.3 Å². The summed E-state index contributed by atoms with van der Waals surface area (Å²) in [4.78, 5) is 11.8. The maximum absolute atomic E-state index is 11.8. The van der Waals surface area contributed by atoms with Gasteiger partial charge in [-0.1, -0.05) is 15.9 Å². The van der Waals surface area contributed by atoms with E-state index >= 15 is 0 Å². The van der Waals surface area contributed by atoms with Crippen LogP contribution < -0.4 is 10.6 Å². The van der Waals surface area contributed by atoms with E-state index in [9.17, 15) is 4.79 Å². The van der Waals surface area contributed by atoms with Crippen LogP contribution >= 0.6 is 28.1 Å². The fourth-order valence-electron chi connectivity index (χ4n) is 2.56. The Bertz CT molecular complexity index is 806. The lowest BCUT2D eigenvalue weighted by molar-refractivity contribution is -0.115. The van der Waals surface area contributed by atoms with E-state index in [4.69, 9.17) is 12.2 Å². The zero-order valence-electron chi connectivity index (χ0n) is 12.1. The molecule has 1 aromatic carbocycles. The highest BCUT2D eigenvalue weighted by Gasteiger charge is 2.21. The number of aromatic nitrogens is 1. The van der Waals surface area contributed by atoms with Crippen molar-refractivity contribution < 1.29 is 4.79 Å². The first-order chi connectivity index (χ1) is 10.5. The van der Waals surface area contributed by atoms with Gasteiger partial charge in [0.25, 0.3) is 5.91 Å². The minimum atomic E-state index is -0.196. The van der Waals surface area contributed by atoms with Crippen molar-refractivity contribution in [2.24, 2.45) is 0 Å². The number of carbonyl (C=O) groups is 1. The number of aryl methyl sites for hydroxylation is 1. The molecule has 3 rings (SSSR count). The van der Waals surface area contributed by atoms with Crippen LogP contribution in [0.4, 0.5) is 0 Å². The van der Waals surface area contributed by atoms with Gasteiger partial charge < -0.3 is 9.88 Å². The van der Waals surface area contributed by atoms with Crippen molar-refractivity contribution in [2.45, 2.75) is 13.8 Å². The number of amides is 1. The smallest absolute Gasteiger partial charge is 0.273 e. The quantitative estimate of drug-likeness (QED) is 0.625. The van der Waals surface area contributed by atoms with Crippen LogP contribution in [0.3, 0.4) is 0 Å². The van der Waals surface area contributed by atoms with E-state index in [1.54, 1.807) is 0 Å². The molecule has 112 valence electrons. The molecule has 0 unspecified atom stereocenters. The highest BCUT2D eigenvalue weighted by molar-refractivity contribution is 9.10. The summed E-state index contributed by atoms with van der Waals surface area (Å²) < 4.78 is 3.20. The van der Waals surface area contributed by atoms with Gasteiger partial charge in [0.15, 0.2) is 5.11 Å². The summed E-state index contributed by atoms with van der Waals surface area (Å²) in [7, 11) is 0. The summed E-state index contributed by atoms with van der Waals surface area (Å²) in [6.45, 7) is 4.08. The molecule has 0 bridgehead atoms. The van der Waals surface area contributed by atoms with E-state index in [0.29, 0.717) is 10.8 Å². The van der Waals surface area contributed by atoms with Gasteiger partial charge in [-0.3, -0.25) is 10.1 Å². The molecule has 1 fully saturated rings. The summed E-state index contributed by atoms with van der Waals surface area (Å²) in [5.41, 5.74) is 4.72. The fourth-order valence-corrected chi connectivity index (χ4v) is 3.03. The number of hydrogen-bond acceptors (Lipinski definition) is 2. The number of halogens is 1. The second-order valence-electron chi connectivity index (χ2n) is 5.10. The third-order valence-electron chi connectivity index (χ3n) is 3.57. The number of nitrogens with zero attached hydrogens (tertiary/aromatic N) is 1. The molecule has 1 saturated heterocycles. The van der Waals surface area contributed by atoms with Crippen molar-refractivity contribution in [3.8, 4) is 5.69 Å². The average Bonchev–Trinajstić information content (AvgIpc) is 2.92. The highest BCUT2D eigenvalue weighted by Crippen LogP contribution is 2.24. The van der Waals surface area contributed by atoms with Gasteiger partial charge in [-0.2, -0.15) is 0 Å². The highest BCUT2D eigenvalue weighted by atomic mass is 79.9. The minimum Gasteiger partial charge on any atom is -0.328 e. The fraction of sp³-hybridized carbons (Fsp3) is 0.125. The van der Waals surface area contributed by atoms with Crippen LogP contribution in [0.1, 0.15) is 17.0 Å². The maximum Gasteiger partial charge on any atom is 0.273 e. The Morgan fingerprint density at radius 1 is 1.18 bits per heavy atom. The number of hydrogen-bond donors (Lipinski definition) is 2. The van der Waals surface area contributed by atoms with Gasteiger partial charge in [-0.05, 0) is 68.0 Å². The molecule has 2 heterocycles. The van der Waals surface area contributed by atoms with Crippen molar-refractivity contribution >= 4 is 45.2 Å². The number of carbonyl (C=O) groups excluding carboxylic acids is 1. The van der Waals surface area contributed by atoms with E-state index in [1.165, 1.54) is 0 Å². The van der Waals surface area contributed by atoms with Gasteiger partial charge >= 0.3 is 0 Å². The molecule has 1 aromatic heterocycles. The van der Waals surface area contributed by atoms with Gasteiger partial charge in [-0.15, -0.1) is 0 Å². The predicted molar refractivity (Wildman–Crippen MR) is 94.8 cm³/mol. The number of nitrogens with one attached hydrogen (secondary N) is 2. The van der Waals surface area contributed by atoms with Gasteiger partial charge in [0, 0.05) is 21.5 Å². The van der Waals surface area contributed by atoms with Crippen LogP contribution in [0, 0.1) is 13.8 Å². The summed E-state index contributed by atoms with van der Waals surface area (Å²) in [5, 5.41) is 5.78. The minimum absolute atomic E-state index is 0.196. The molecule has 6 heteroatoms. The molecule has 1 aliphatic rings. The Hall–Kier alpha value is -1.92. The SMILES string of the molecule is Cc1cc(C=C2NC(=S)NC2=O)c(C)n1-c1ccc(Br)cc1. The lowest BCUT2D eigenvalue weighted by Crippen LogP contribution is -2.21. The summed E-state index contributed by atoms with van der Waals surface area (Å²) >= 11 is 8.40. The second-order valence-corrected chi connectivity index (χ2v) is 6.43. The molecular weight excluding hydrogens is 362 g/mol. The van der Waals surface area contributed by atoms with Crippen LogP contribution in [-0.4, -0.2) is 15.6 Å². The first-order valence-electron chi connectivity index (χ1n) is 6.74. The molecule has 1 amide bonds. The van der Waals surface area contributed by atoms with Crippen LogP contribution in [0.5, 0.6) is 0 Å². The Labute approximate surface area is 142 Å². The van der Waals surface area contributed by atoms with Crippen molar-refractivity contribution in [1.82, 2.24) is 15.2 Å². The Balaban J connectivity index is 2.04. The second kappa shape index (κ2) is 5.70. The van der Waals surface area contributed by atoms with Crippen LogP contribution in [0.2, 0.25) is 0 Å². The Morgan fingerprint density at radius 2 is 1.86 bits per heavy atom. The topological polar surface area (TPSA) is 46.1 Å².